The maximum absolute atomic E-state index is 12.0. The lowest BCUT2D eigenvalue weighted by Gasteiger charge is -2.20. The van der Waals surface area contributed by atoms with Gasteiger partial charge in [-0.25, -0.2) is 0 Å². The Morgan fingerprint density at radius 3 is 2.58 bits per heavy atom. The predicted octanol–water partition coefficient (Wildman–Crippen LogP) is 1.64. The molecule has 0 aliphatic carbocycles. The summed E-state index contributed by atoms with van der Waals surface area (Å²) in [6.45, 7) is -0.436. The molecule has 0 spiro atoms. The zero-order valence-corrected chi connectivity index (χ0v) is 10.0. The summed E-state index contributed by atoms with van der Waals surface area (Å²) < 4.78 is 46.5. The molecule has 1 aliphatic rings. The average Bonchev–Trinajstić information content (AvgIpc) is 2.36. The highest BCUT2D eigenvalue weighted by molar-refractivity contribution is 5.44. The van der Waals surface area contributed by atoms with Crippen molar-refractivity contribution in [3.8, 4) is 11.5 Å². The van der Waals surface area contributed by atoms with Gasteiger partial charge in [0.05, 0.1) is 12.6 Å². The van der Waals surface area contributed by atoms with Crippen LogP contribution in [0.25, 0.3) is 0 Å². The van der Waals surface area contributed by atoms with Crippen molar-refractivity contribution in [2.45, 2.75) is 12.3 Å². The SMILES string of the molecule is OC(CNCC(F)(F)F)c1ccc2c(c1)OCCO2. The van der Waals surface area contributed by atoms with Gasteiger partial charge in [-0.3, -0.25) is 0 Å². The van der Waals surface area contributed by atoms with E-state index in [2.05, 4.69) is 5.32 Å². The number of hydrogen-bond acceptors (Lipinski definition) is 4. The van der Waals surface area contributed by atoms with Crippen molar-refractivity contribution in [2.24, 2.45) is 0 Å². The highest BCUT2D eigenvalue weighted by Crippen LogP contribution is 2.32. The van der Waals surface area contributed by atoms with E-state index in [1.54, 1.807) is 18.2 Å². The summed E-state index contributed by atoms with van der Waals surface area (Å²) in [5, 5.41) is 11.9. The van der Waals surface area contributed by atoms with Crippen LogP contribution in [0.2, 0.25) is 0 Å². The molecule has 1 atom stereocenters. The van der Waals surface area contributed by atoms with Crippen LogP contribution in [0.3, 0.4) is 0 Å². The molecule has 1 aromatic rings. The Morgan fingerprint density at radius 2 is 1.89 bits per heavy atom. The van der Waals surface area contributed by atoms with Gasteiger partial charge in [-0.05, 0) is 17.7 Å². The van der Waals surface area contributed by atoms with Gasteiger partial charge in [0, 0.05) is 6.54 Å². The van der Waals surface area contributed by atoms with Gasteiger partial charge in [-0.2, -0.15) is 13.2 Å². The predicted molar refractivity (Wildman–Crippen MR) is 61.3 cm³/mol. The number of halogens is 3. The molecule has 1 heterocycles. The van der Waals surface area contributed by atoms with Crippen molar-refractivity contribution < 1.29 is 27.8 Å². The number of aliphatic hydroxyl groups excluding tert-OH is 1. The highest BCUT2D eigenvalue weighted by atomic mass is 19.4. The van der Waals surface area contributed by atoms with Crippen molar-refractivity contribution in [2.75, 3.05) is 26.3 Å². The molecule has 1 aromatic carbocycles. The van der Waals surface area contributed by atoms with E-state index in [1.807, 2.05) is 0 Å². The first-order valence-corrected chi connectivity index (χ1v) is 5.81. The first-order chi connectivity index (χ1) is 8.96. The second-order valence-electron chi connectivity index (χ2n) is 4.16. The minimum Gasteiger partial charge on any atom is -0.486 e. The monoisotopic (exact) mass is 277 g/mol. The minimum atomic E-state index is -4.29. The van der Waals surface area contributed by atoms with Crippen LogP contribution in [0.4, 0.5) is 13.2 Å². The second kappa shape index (κ2) is 5.66. The van der Waals surface area contributed by atoms with Crippen molar-refractivity contribution in [1.82, 2.24) is 5.32 Å². The van der Waals surface area contributed by atoms with Gasteiger partial charge < -0.3 is 19.9 Å². The molecule has 0 radical (unpaired) electrons. The van der Waals surface area contributed by atoms with Crippen molar-refractivity contribution >= 4 is 0 Å². The Balaban J connectivity index is 1.94. The molecule has 1 unspecified atom stereocenters. The fraction of sp³-hybridized carbons (Fsp3) is 0.500. The Hall–Kier alpha value is -1.47. The van der Waals surface area contributed by atoms with Crippen LogP contribution in [-0.2, 0) is 0 Å². The fourth-order valence-electron chi connectivity index (χ4n) is 1.74. The summed E-state index contributed by atoms with van der Waals surface area (Å²) in [7, 11) is 0. The molecule has 4 nitrogen and oxygen atoms in total. The van der Waals surface area contributed by atoms with E-state index in [4.69, 9.17) is 9.47 Å². The molecular formula is C12H14F3NO3. The molecule has 106 valence electrons. The number of rotatable bonds is 4. The lowest BCUT2D eigenvalue weighted by Crippen LogP contribution is -2.32. The van der Waals surface area contributed by atoms with Gasteiger partial charge in [-0.15, -0.1) is 0 Å². The lowest BCUT2D eigenvalue weighted by atomic mass is 10.1. The summed E-state index contributed by atoms with van der Waals surface area (Å²) >= 11 is 0. The standard InChI is InChI=1S/C12H14F3NO3/c13-12(14,15)7-16-6-9(17)8-1-2-10-11(5-8)19-4-3-18-10/h1-2,5,9,16-17H,3-4,6-7H2. The third-order valence-electron chi connectivity index (χ3n) is 2.61. The van der Waals surface area contributed by atoms with Crippen LogP contribution in [0.5, 0.6) is 11.5 Å². The number of fused-ring (bicyclic) bond motifs is 1. The van der Waals surface area contributed by atoms with Crippen molar-refractivity contribution in [3.63, 3.8) is 0 Å². The number of nitrogens with one attached hydrogen (secondary N) is 1. The van der Waals surface area contributed by atoms with E-state index in [-0.39, 0.29) is 6.54 Å². The lowest BCUT2D eigenvalue weighted by molar-refractivity contribution is -0.125. The van der Waals surface area contributed by atoms with Gasteiger partial charge in [0.25, 0.3) is 0 Å². The average molecular weight is 277 g/mol. The summed E-state index contributed by atoms with van der Waals surface area (Å²) in [5.74, 6) is 1.07. The third-order valence-corrected chi connectivity index (χ3v) is 2.61. The molecule has 0 saturated heterocycles. The number of benzene rings is 1. The molecule has 0 bridgehead atoms. The molecule has 0 amide bonds. The first-order valence-electron chi connectivity index (χ1n) is 5.81. The quantitative estimate of drug-likeness (QED) is 0.878. The Bertz CT molecular complexity index is 437. The topological polar surface area (TPSA) is 50.7 Å². The number of ether oxygens (including phenoxy) is 2. The van der Waals surface area contributed by atoms with Crippen LogP contribution in [-0.4, -0.2) is 37.6 Å². The van der Waals surface area contributed by atoms with Crippen molar-refractivity contribution in [1.29, 1.82) is 0 Å². The van der Waals surface area contributed by atoms with Crippen LogP contribution >= 0.6 is 0 Å². The van der Waals surface area contributed by atoms with Gasteiger partial charge in [0.1, 0.15) is 13.2 Å². The molecule has 19 heavy (non-hydrogen) atoms. The molecular weight excluding hydrogens is 263 g/mol. The van der Waals surface area contributed by atoms with E-state index in [9.17, 15) is 18.3 Å². The molecule has 0 aromatic heterocycles. The van der Waals surface area contributed by atoms with E-state index in [0.717, 1.165) is 0 Å². The molecule has 2 N–H and O–H groups in total. The molecule has 2 rings (SSSR count). The van der Waals surface area contributed by atoms with Crippen LogP contribution < -0.4 is 14.8 Å². The zero-order valence-electron chi connectivity index (χ0n) is 10.0. The summed E-state index contributed by atoms with van der Waals surface area (Å²) in [5.41, 5.74) is 0.485. The zero-order chi connectivity index (χ0) is 13.9. The molecule has 1 aliphatic heterocycles. The maximum atomic E-state index is 12.0. The Kier molecular flexibility index (Phi) is 4.16. The highest BCUT2D eigenvalue weighted by Gasteiger charge is 2.26. The smallest absolute Gasteiger partial charge is 0.401 e. The summed E-state index contributed by atoms with van der Waals surface area (Å²) in [6.07, 6.45) is -5.31. The normalized spacial score (nSPS) is 16.2. The Labute approximate surface area is 108 Å². The van der Waals surface area contributed by atoms with E-state index in [0.29, 0.717) is 30.3 Å². The number of aliphatic hydroxyl groups is 1. The van der Waals surface area contributed by atoms with E-state index in [1.165, 1.54) is 0 Å². The second-order valence-corrected chi connectivity index (χ2v) is 4.16. The van der Waals surface area contributed by atoms with Crippen LogP contribution in [0, 0.1) is 0 Å². The van der Waals surface area contributed by atoms with Gasteiger partial charge in [-0.1, -0.05) is 6.07 Å². The third kappa shape index (κ3) is 4.00. The summed E-state index contributed by atoms with van der Waals surface area (Å²) in [6, 6.07) is 4.82. The van der Waals surface area contributed by atoms with E-state index < -0.39 is 18.8 Å². The van der Waals surface area contributed by atoms with Gasteiger partial charge in [0.2, 0.25) is 0 Å². The minimum absolute atomic E-state index is 0.181. The maximum Gasteiger partial charge on any atom is 0.401 e. The summed E-state index contributed by atoms with van der Waals surface area (Å²) in [4.78, 5) is 0. The molecule has 0 fully saturated rings. The van der Waals surface area contributed by atoms with Crippen LogP contribution in [0.1, 0.15) is 11.7 Å². The van der Waals surface area contributed by atoms with Gasteiger partial charge >= 0.3 is 6.18 Å². The largest absolute Gasteiger partial charge is 0.486 e. The van der Waals surface area contributed by atoms with Gasteiger partial charge in [0.15, 0.2) is 11.5 Å². The fourth-order valence-corrected chi connectivity index (χ4v) is 1.74. The number of hydrogen-bond donors (Lipinski definition) is 2. The van der Waals surface area contributed by atoms with Crippen LogP contribution in [0.15, 0.2) is 18.2 Å². The molecule has 0 saturated carbocycles. The van der Waals surface area contributed by atoms with Crippen molar-refractivity contribution in [3.05, 3.63) is 23.8 Å². The molecule has 7 heteroatoms. The number of alkyl halides is 3. The first kappa shape index (κ1) is 14.0. The van der Waals surface area contributed by atoms with E-state index >= 15 is 0 Å². The Morgan fingerprint density at radius 1 is 1.21 bits per heavy atom.